The third kappa shape index (κ3) is 3.04. The molecule has 0 fully saturated rings. The van der Waals surface area contributed by atoms with E-state index in [4.69, 9.17) is 16.1 Å². The number of nitrogens with zero attached hydrogens (tertiary/aromatic N) is 4. The van der Waals surface area contributed by atoms with Crippen molar-refractivity contribution in [3.63, 3.8) is 0 Å². The van der Waals surface area contributed by atoms with Crippen LogP contribution in [0.25, 0.3) is 11.5 Å². The Bertz CT molecular complexity index is 785. The van der Waals surface area contributed by atoms with Crippen LogP contribution in [0.2, 0.25) is 5.02 Å². The zero-order valence-corrected chi connectivity index (χ0v) is 13.5. The van der Waals surface area contributed by atoms with Crippen LogP contribution >= 0.6 is 11.6 Å². The van der Waals surface area contributed by atoms with E-state index >= 15 is 0 Å². The van der Waals surface area contributed by atoms with E-state index in [2.05, 4.69) is 36.0 Å². The van der Waals surface area contributed by atoms with Crippen LogP contribution in [0.5, 0.6) is 0 Å². The zero-order chi connectivity index (χ0) is 15.7. The van der Waals surface area contributed by atoms with E-state index in [1.54, 1.807) is 6.20 Å². The van der Waals surface area contributed by atoms with Crippen molar-refractivity contribution in [3.05, 3.63) is 53.1 Å². The van der Waals surface area contributed by atoms with E-state index < -0.39 is 0 Å². The molecule has 3 aromatic rings. The summed E-state index contributed by atoms with van der Waals surface area (Å²) in [4.78, 5) is 4.42. The van der Waals surface area contributed by atoms with Gasteiger partial charge in [-0.05, 0) is 32.4 Å². The van der Waals surface area contributed by atoms with E-state index in [-0.39, 0.29) is 5.54 Å². The third-order valence-electron chi connectivity index (χ3n) is 3.29. The molecule has 0 saturated heterocycles. The average molecular weight is 317 g/mol. The first-order valence-corrected chi connectivity index (χ1v) is 7.43. The maximum atomic E-state index is 6.15. The lowest BCUT2D eigenvalue weighted by molar-refractivity contribution is 0.355. The summed E-state index contributed by atoms with van der Waals surface area (Å²) in [5, 5.41) is 9.06. The average Bonchev–Trinajstić information content (AvgIpc) is 3.09. The number of rotatable bonds is 3. The van der Waals surface area contributed by atoms with Gasteiger partial charge in [0.15, 0.2) is 5.82 Å². The molecule has 0 spiro atoms. The molecule has 0 radical (unpaired) electrons. The fourth-order valence-electron chi connectivity index (χ4n) is 2.06. The van der Waals surface area contributed by atoms with Crippen molar-refractivity contribution in [1.29, 1.82) is 0 Å². The van der Waals surface area contributed by atoms with Gasteiger partial charge in [0.05, 0.1) is 17.3 Å². The summed E-state index contributed by atoms with van der Waals surface area (Å²) in [5.74, 6) is 1.07. The topological polar surface area (TPSA) is 56.7 Å². The Morgan fingerprint density at radius 1 is 1.23 bits per heavy atom. The quantitative estimate of drug-likeness (QED) is 0.734. The molecule has 0 bridgehead atoms. The van der Waals surface area contributed by atoms with Gasteiger partial charge in [-0.25, -0.2) is 0 Å². The number of benzene rings is 1. The van der Waals surface area contributed by atoms with Crippen molar-refractivity contribution in [3.8, 4) is 11.5 Å². The van der Waals surface area contributed by atoms with Gasteiger partial charge >= 0.3 is 0 Å². The molecule has 22 heavy (non-hydrogen) atoms. The van der Waals surface area contributed by atoms with Crippen molar-refractivity contribution in [1.82, 2.24) is 19.9 Å². The first-order valence-electron chi connectivity index (χ1n) is 7.05. The van der Waals surface area contributed by atoms with Gasteiger partial charge in [0.25, 0.3) is 5.89 Å². The van der Waals surface area contributed by atoms with Gasteiger partial charge in [-0.2, -0.15) is 10.1 Å². The maximum absolute atomic E-state index is 6.15. The molecule has 114 valence electrons. The maximum Gasteiger partial charge on any atom is 0.261 e. The Kier molecular flexibility index (Phi) is 3.74. The molecule has 2 heterocycles. The highest BCUT2D eigenvalue weighted by Gasteiger charge is 2.17. The molecule has 0 N–H and O–H groups in total. The molecule has 0 aliphatic carbocycles. The largest absolute Gasteiger partial charge is 0.334 e. The van der Waals surface area contributed by atoms with Crippen molar-refractivity contribution >= 4 is 11.6 Å². The van der Waals surface area contributed by atoms with Crippen LogP contribution in [0.1, 0.15) is 32.2 Å². The number of hydrogen-bond acceptors (Lipinski definition) is 4. The highest BCUT2D eigenvalue weighted by atomic mass is 35.5. The van der Waals surface area contributed by atoms with Crippen molar-refractivity contribution < 1.29 is 4.52 Å². The minimum absolute atomic E-state index is 0.0847. The van der Waals surface area contributed by atoms with Crippen LogP contribution in [-0.2, 0) is 12.0 Å². The Hall–Kier alpha value is -2.14. The minimum atomic E-state index is -0.0847. The summed E-state index contributed by atoms with van der Waals surface area (Å²) in [5.41, 5.74) is 1.70. The predicted octanol–water partition coefficient (Wildman–Crippen LogP) is 3.93. The van der Waals surface area contributed by atoms with E-state index in [1.165, 1.54) is 0 Å². The lowest BCUT2D eigenvalue weighted by Crippen LogP contribution is -2.21. The Morgan fingerprint density at radius 2 is 2.00 bits per heavy atom. The molecular weight excluding hydrogens is 300 g/mol. The van der Waals surface area contributed by atoms with Gasteiger partial charge < -0.3 is 4.52 Å². The number of hydrogen-bond donors (Lipinski definition) is 0. The van der Waals surface area contributed by atoms with Gasteiger partial charge in [0.1, 0.15) is 0 Å². The third-order valence-corrected chi connectivity index (χ3v) is 3.66. The highest BCUT2D eigenvalue weighted by Crippen LogP contribution is 2.22. The normalized spacial score (nSPS) is 11.8. The van der Waals surface area contributed by atoms with Crippen molar-refractivity contribution in [2.24, 2.45) is 0 Å². The molecule has 0 aliphatic heterocycles. The lowest BCUT2D eigenvalue weighted by Gasteiger charge is -2.18. The molecule has 0 aliphatic rings. The summed E-state index contributed by atoms with van der Waals surface area (Å²) in [6, 6.07) is 7.64. The molecule has 0 saturated carbocycles. The highest BCUT2D eigenvalue weighted by molar-refractivity contribution is 6.31. The fraction of sp³-hybridized carbons (Fsp3) is 0.312. The molecule has 0 amide bonds. The smallest absolute Gasteiger partial charge is 0.261 e. The molecule has 1 aromatic carbocycles. The van der Waals surface area contributed by atoms with E-state index in [9.17, 15) is 0 Å². The van der Waals surface area contributed by atoms with Gasteiger partial charge in [0, 0.05) is 17.6 Å². The monoisotopic (exact) mass is 316 g/mol. The summed E-state index contributed by atoms with van der Waals surface area (Å²) in [6.07, 6.45) is 4.18. The van der Waals surface area contributed by atoms with Crippen LogP contribution in [0.15, 0.2) is 41.2 Å². The molecule has 2 aromatic heterocycles. The first-order chi connectivity index (χ1) is 10.4. The molecular formula is C16H17ClN4O. The summed E-state index contributed by atoms with van der Waals surface area (Å²) in [7, 11) is 0. The van der Waals surface area contributed by atoms with Gasteiger partial charge in [-0.3, -0.25) is 4.68 Å². The second-order valence-electron chi connectivity index (χ2n) is 6.13. The predicted molar refractivity (Wildman–Crippen MR) is 84.8 cm³/mol. The number of halogens is 1. The second-order valence-corrected chi connectivity index (χ2v) is 6.54. The van der Waals surface area contributed by atoms with Gasteiger partial charge in [-0.1, -0.05) is 35.0 Å². The summed E-state index contributed by atoms with van der Waals surface area (Å²) in [6.45, 7) is 6.25. The molecule has 6 heteroatoms. The van der Waals surface area contributed by atoms with Crippen LogP contribution in [0.3, 0.4) is 0 Å². The van der Waals surface area contributed by atoms with Crippen LogP contribution in [0, 0.1) is 0 Å². The molecule has 3 rings (SSSR count). The molecule has 0 unspecified atom stereocenters. The fourth-order valence-corrected chi connectivity index (χ4v) is 2.26. The van der Waals surface area contributed by atoms with Crippen molar-refractivity contribution in [2.45, 2.75) is 32.7 Å². The van der Waals surface area contributed by atoms with Crippen LogP contribution < -0.4 is 0 Å². The van der Waals surface area contributed by atoms with E-state index in [0.29, 0.717) is 23.2 Å². The first kappa shape index (κ1) is 14.8. The SMILES string of the molecule is CC(C)(C)n1cc(-c2nc(Cc3ccccc3Cl)no2)cn1. The zero-order valence-electron chi connectivity index (χ0n) is 12.7. The van der Waals surface area contributed by atoms with E-state index in [0.717, 1.165) is 11.1 Å². The Labute approximate surface area is 133 Å². The standard InChI is InChI=1S/C16H17ClN4O/c1-16(2,3)21-10-12(9-18-21)15-19-14(20-22-15)8-11-6-4-5-7-13(11)17/h4-7,9-10H,8H2,1-3H3. The number of aromatic nitrogens is 4. The summed E-state index contributed by atoms with van der Waals surface area (Å²) >= 11 is 6.15. The van der Waals surface area contributed by atoms with Gasteiger partial charge in [-0.15, -0.1) is 0 Å². The van der Waals surface area contributed by atoms with Crippen LogP contribution in [-0.4, -0.2) is 19.9 Å². The Balaban J connectivity index is 1.82. The van der Waals surface area contributed by atoms with E-state index in [1.807, 2.05) is 35.1 Å². The van der Waals surface area contributed by atoms with Crippen molar-refractivity contribution in [2.75, 3.05) is 0 Å². The Morgan fingerprint density at radius 3 is 2.68 bits per heavy atom. The minimum Gasteiger partial charge on any atom is -0.334 e. The lowest BCUT2D eigenvalue weighted by atomic mass is 10.1. The second kappa shape index (κ2) is 5.57. The van der Waals surface area contributed by atoms with Crippen LogP contribution in [0.4, 0.5) is 0 Å². The molecule has 5 nitrogen and oxygen atoms in total. The summed E-state index contributed by atoms with van der Waals surface area (Å²) < 4.78 is 7.21. The van der Waals surface area contributed by atoms with Gasteiger partial charge in [0.2, 0.25) is 0 Å². The molecule has 0 atom stereocenters.